The minimum atomic E-state index is -4.28. The van der Waals surface area contributed by atoms with Crippen LogP contribution in [0.1, 0.15) is 50.5 Å². The second-order valence-corrected chi connectivity index (χ2v) is 6.78. The predicted octanol–water partition coefficient (Wildman–Crippen LogP) is 4.91. The Morgan fingerprint density at radius 3 is 2.43 bits per heavy atom. The monoisotopic (exact) mass is 326 g/mol. The van der Waals surface area contributed by atoms with E-state index >= 15 is 0 Å². The second-order valence-electron chi connectivity index (χ2n) is 6.78. The molecule has 5 heteroatoms. The van der Waals surface area contributed by atoms with Crippen molar-refractivity contribution in [2.45, 2.75) is 63.2 Å². The van der Waals surface area contributed by atoms with Crippen molar-refractivity contribution < 1.29 is 13.2 Å². The van der Waals surface area contributed by atoms with Gasteiger partial charge in [-0.05, 0) is 57.0 Å². The Kier molecular flexibility index (Phi) is 5.14. The Morgan fingerprint density at radius 2 is 1.70 bits per heavy atom. The molecule has 1 saturated carbocycles. The van der Waals surface area contributed by atoms with Crippen molar-refractivity contribution in [2.75, 3.05) is 18.4 Å². The summed E-state index contributed by atoms with van der Waals surface area (Å²) in [6, 6.07) is 6.32. The van der Waals surface area contributed by atoms with Gasteiger partial charge in [-0.15, -0.1) is 0 Å². The molecule has 2 nitrogen and oxygen atoms in total. The number of benzene rings is 1. The summed E-state index contributed by atoms with van der Waals surface area (Å²) in [6.07, 6.45) is 4.00. The zero-order valence-electron chi connectivity index (χ0n) is 13.4. The molecular weight excluding hydrogens is 301 g/mol. The Bertz CT molecular complexity index is 509. The highest BCUT2D eigenvalue weighted by atomic mass is 19.4. The van der Waals surface area contributed by atoms with E-state index < -0.39 is 11.7 Å². The lowest BCUT2D eigenvalue weighted by molar-refractivity contribution is -0.137. The summed E-state index contributed by atoms with van der Waals surface area (Å²) in [4.78, 5) is 2.54. The van der Waals surface area contributed by atoms with Gasteiger partial charge in [0.15, 0.2) is 0 Å². The second kappa shape index (κ2) is 7.12. The first kappa shape index (κ1) is 16.6. The van der Waals surface area contributed by atoms with Crippen LogP contribution in [0.2, 0.25) is 0 Å². The van der Waals surface area contributed by atoms with Crippen molar-refractivity contribution >= 4 is 5.69 Å². The summed E-state index contributed by atoms with van der Waals surface area (Å²) < 4.78 is 38.7. The fourth-order valence-corrected chi connectivity index (χ4v) is 3.97. The van der Waals surface area contributed by atoms with Crippen LogP contribution < -0.4 is 5.32 Å². The normalized spacial score (nSPS) is 26.9. The molecule has 1 aromatic carbocycles. The third-order valence-corrected chi connectivity index (χ3v) is 5.13. The van der Waals surface area contributed by atoms with Crippen LogP contribution in [-0.4, -0.2) is 30.1 Å². The average molecular weight is 326 g/mol. The fraction of sp³-hybridized carbons (Fsp3) is 0.667. The Labute approximate surface area is 136 Å². The summed E-state index contributed by atoms with van der Waals surface area (Å²) >= 11 is 0. The number of hydrogen-bond acceptors (Lipinski definition) is 2. The number of anilines is 1. The fourth-order valence-electron chi connectivity index (χ4n) is 3.97. The molecule has 1 heterocycles. The van der Waals surface area contributed by atoms with E-state index in [0.717, 1.165) is 38.4 Å². The smallest absolute Gasteiger partial charge is 0.381 e. The number of rotatable bonds is 3. The molecule has 0 aromatic heterocycles. The molecule has 2 aliphatic rings. The van der Waals surface area contributed by atoms with Gasteiger partial charge in [-0.1, -0.05) is 25.3 Å². The van der Waals surface area contributed by atoms with Crippen LogP contribution in [0.25, 0.3) is 0 Å². The highest BCUT2D eigenvalue weighted by Gasteiger charge is 2.32. The lowest BCUT2D eigenvalue weighted by Crippen LogP contribution is -2.45. The van der Waals surface area contributed by atoms with Gasteiger partial charge in [-0.25, -0.2) is 0 Å². The van der Waals surface area contributed by atoms with Gasteiger partial charge in [0.1, 0.15) is 0 Å². The predicted molar refractivity (Wildman–Crippen MR) is 86.5 cm³/mol. The maximum atomic E-state index is 12.9. The maximum Gasteiger partial charge on any atom is 0.416 e. The number of halogens is 3. The molecule has 128 valence electrons. The lowest BCUT2D eigenvalue weighted by atomic mass is 10.0. The van der Waals surface area contributed by atoms with Crippen LogP contribution in [0.5, 0.6) is 0 Å². The average Bonchev–Trinajstić information content (AvgIpc) is 2.94. The van der Waals surface area contributed by atoms with Crippen molar-refractivity contribution in [3.8, 4) is 0 Å². The third kappa shape index (κ3) is 4.19. The van der Waals surface area contributed by atoms with E-state index in [1.807, 2.05) is 0 Å². The molecule has 0 spiro atoms. The van der Waals surface area contributed by atoms with Crippen LogP contribution in [-0.2, 0) is 6.18 Å². The van der Waals surface area contributed by atoms with E-state index in [1.54, 1.807) is 6.07 Å². The largest absolute Gasteiger partial charge is 0.416 e. The van der Waals surface area contributed by atoms with Gasteiger partial charge in [0.05, 0.1) is 5.56 Å². The first-order valence-corrected chi connectivity index (χ1v) is 8.72. The molecule has 2 unspecified atom stereocenters. The number of nitrogens with one attached hydrogen (secondary N) is 1. The van der Waals surface area contributed by atoms with Crippen LogP contribution in [0.4, 0.5) is 18.9 Å². The standard InChI is InChI=1S/C18H25F3N2/c19-18(20,21)14-7-6-8-15(13-14)22-16-9-2-1-3-10-17(16)23-11-4-5-12-23/h6-8,13,16-17,22H,1-5,9-12H2. The Morgan fingerprint density at radius 1 is 0.957 bits per heavy atom. The van der Waals surface area contributed by atoms with E-state index in [-0.39, 0.29) is 6.04 Å². The lowest BCUT2D eigenvalue weighted by Gasteiger charge is -2.34. The summed E-state index contributed by atoms with van der Waals surface area (Å²) in [5, 5.41) is 3.42. The van der Waals surface area contributed by atoms with Gasteiger partial charge in [-0.3, -0.25) is 4.90 Å². The SMILES string of the molecule is FC(F)(F)c1cccc(NC2CCCCCC2N2CCCC2)c1. The summed E-state index contributed by atoms with van der Waals surface area (Å²) in [6.45, 7) is 2.26. The van der Waals surface area contributed by atoms with E-state index in [1.165, 1.54) is 37.8 Å². The molecule has 1 saturated heterocycles. The van der Waals surface area contributed by atoms with Gasteiger partial charge in [0.2, 0.25) is 0 Å². The van der Waals surface area contributed by atoms with E-state index in [2.05, 4.69) is 10.2 Å². The van der Waals surface area contributed by atoms with E-state index in [9.17, 15) is 13.2 Å². The Balaban J connectivity index is 1.75. The molecule has 3 rings (SSSR count). The molecule has 0 bridgehead atoms. The van der Waals surface area contributed by atoms with Crippen LogP contribution in [0.15, 0.2) is 24.3 Å². The number of alkyl halides is 3. The molecule has 1 N–H and O–H groups in total. The topological polar surface area (TPSA) is 15.3 Å². The zero-order chi connectivity index (χ0) is 16.3. The molecule has 0 radical (unpaired) electrons. The highest BCUT2D eigenvalue weighted by Crippen LogP contribution is 2.32. The van der Waals surface area contributed by atoms with Crippen molar-refractivity contribution in [2.24, 2.45) is 0 Å². The first-order valence-electron chi connectivity index (χ1n) is 8.72. The Hall–Kier alpha value is -1.23. The summed E-state index contributed by atoms with van der Waals surface area (Å²) in [5.41, 5.74) is 0.0183. The first-order chi connectivity index (χ1) is 11.0. The van der Waals surface area contributed by atoms with Gasteiger partial charge in [0, 0.05) is 17.8 Å². The van der Waals surface area contributed by atoms with Gasteiger partial charge in [-0.2, -0.15) is 13.2 Å². The molecule has 1 aliphatic carbocycles. The summed E-state index contributed by atoms with van der Waals surface area (Å²) in [7, 11) is 0. The van der Waals surface area contributed by atoms with Gasteiger partial charge >= 0.3 is 6.18 Å². The van der Waals surface area contributed by atoms with Crippen molar-refractivity contribution in [3.05, 3.63) is 29.8 Å². The molecule has 1 aromatic rings. The molecule has 23 heavy (non-hydrogen) atoms. The molecule has 2 fully saturated rings. The number of likely N-dealkylation sites (tertiary alicyclic amines) is 1. The quantitative estimate of drug-likeness (QED) is 0.794. The van der Waals surface area contributed by atoms with Crippen LogP contribution in [0.3, 0.4) is 0 Å². The minimum Gasteiger partial charge on any atom is -0.381 e. The number of nitrogens with zero attached hydrogens (tertiary/aromatic N) is 1. The van der Waals surface area contributed by atoms with Crippen molar-refractivity contribution in [3.63, 3.8) is 0 Å². The van der Waals surface area contributed by atoms with Crippen LogP contribution >= 0.6 is 0 Å². The molecule has 1 aliphatic heterocycles. The van der Waals surface area contributed by atoms with Gasteiger partial charge < -0.3 is 5.32 Å². The molecule has 2 atom stereocenters. The number of hydrogen-bond donors (Lipinski definition) is 1. The molecule has 0 amide bonds. The summed E-state index contributed by atoms with van der Waals surface area (Å²) in [5.74, 6) is 0. The zero-order valence-corrected chi connectivity index (χ0v) is 13.4. The molecular formula is C18H25F3N2. The minimum absolute atomic E-state index is 0.249. The highest BCUT2D eigenvalue weighted by molar-refractivity contribution is 5.47. The van der Waals surface area contributed by atoms with E-state index in [4.69, 9.17) is 0 Å². The van der Waals surface area contributed by atoms with E-state index in [0.29, 0.717) is 11.7 Å². The van der Waals surface area contributed by atoms with Crippen LogP contribution in [0, 0.1) is 0 Å². The van der Waals surface area contributed by atoms with Crippen molar-refractivity contribution in [1.29, 1.82) is 0 Å². The van der Waals surface area contributed by atoms with Crippen molar-refractivity contribution in [1.82, 2.24) is 4.90 Å². The third-order valence-electron chi connectivity index (χ3n) is 5.13. The maximum absolute atomic E-state index is 12.9. The van der Waals surface area contributed by atoms with Gasteiger partial charge in [0.25, 0.3) is 0 Å².